The lowest BCUT2D eigenvalue weighted by Crippen LogP contribution is -2.58. The molecule has 2 aromatic rings. The van der Waals surface area contributed by atoms with E-state index in [1.54, 1.807) is 36.4 Å². The van der Waals surface area contributed by atoms with E-state index in [2.05, 4.69) is 5.32 Å². The number of halogens is 3. The topological polar surface area (TPSA) is 78.9 Å². The van der Waals surface area contributed by atoms with E-state index in [0.29, 0.717) is 29.4 Å². The van der Waals surface area contributed by atoms with Crippen molar-refractivity contribution >= 4 is 23.6 Å². The van der Waals surface area contributed by atoms with Crippen molar-refractivity contribution < 1.29 is 28.2 Å². The fourth-order valence-electron chi connectivity index (χ4n) is 2.89. The molecule has 0 radical (unpaired) electrons. The summed E-state index contributed by atoms with van der Waals surface area (Å²) in [4.78, 5) is 23.6. The Kier molecular flexibility index (Phi) is 6.22. The molecule has 0 bridgehead atoms. The lowest BCUT2D eigenvalue weighted by molar-refractivity contribution is -0.113. The Balaban J connectivity index is 1.58. The Morgan fingerprint density at radius 1 is 1.14 bits per heavy atom. The molecule has 0 atom stereocenters. The molecule has 1 saturated heterocycles. The second-order valence-corrected chi connectivity index (χ2v) is 7.08. The van der Waals surface area contributed by atoms with Gasteiger partial charge in [0.05, 0.1) is 24.7 Å². The molecule has 0 aromatic heterocycles. The van der Waals surface area contributed by atoms with Crippen LogP contribution in [0.1, 0.15) is 16.8 Å². The standard InChI is InChI=1S/C20H19ClF2N2O4/c21-16-10-15(6-7-17(16)29-9-1-8-24-19(27)28)13-2-4-14(5-3-13)18(26)25-11-20(22,23)12-25/h2-7,10,24H,1,8-9,11-12H2,(H,27,28). The maximum Gasteiger partial charge on any atom is 0.404 e. The monoisotopic (exact) mass is 424 g/mol. The van der Waals surface area contributed by atoms with Gasteiger partial charge in [-0.05, 0) is 41.8 Å². The summed E-state index contributed by atoms with van der Waals surface area (Å²) in [6.45, 7) is -0.495. The predicted octanol–water partition coefficient (Wildman–Crippen LogP) is 4.13. The fourth-order valence-corrected chi connectivity index (χ4v) is 3.13. The largest absolute Gasteiger partial charge is 0.492 e. The average molecular weight is 425 g/mol. The Morgan fingerprint density at radius 2 is 1.79 bits per heavy atom. The van der Waals surface area contributed by atoms with Crippen molar-refractivity contribution in [2.75, 3.05) is 26.2 Å². The van der Waals surface area contributed by atoms with Gasteiger partial charge in [-0.3, -0.25) is 4.79 Å². The van der Waals surface area contributed by atoms with E-state index < -0.39 is 31.0 Å². The number of nitrogens with one attached hydrogen (secondary N) is 1. The Morgan fingerprint density at radius 3 is 2.38 bits per heavy atom. The molecule has 0 aliphatic carbocycles. The second kappa shape index (κ2) is 8.65. The summed E-state index contributed by atoms with van der Waals surface area (Å²) in [6.07, 6.45) is -0.578. The number of alkyl halides is 2. The minimum absolute atomic E-state index is 0.283. The molecule has 3 rings (SSSR count). The van der Waals surface area contributed by atoms with Gasteiger partial charge in [0, 0.05) is 12.1 Å². The number of carbonyl (C=O) groups excluding carboxylic acids is 1. The summed E-state index contributed by atoms with van der Waals surface area (Å²) in [6, 6.07) is 11.9. The molecule has 0 saturated carbocycles. The highest BCUT2D eigenvalue weighted by atomic mass is 35.5. The van der Waals surface area contributed by atoms with Crippen LogP contribution < -0.4 is 10.1 Å². The van der Waals surface area contributed by atoms with E-state index in [4.69, 9.17) is 21.4 Å². The minimum atomic E-state index is -2.79. The number of benzene rings is 2. The number of likely N-dealkylation sites (tertiary alicyclic amines) is 1. The van der Waals surface area contributed by atoms with Gasteiger partial charge in [0.1, 0.15) is 5.75 Å². The van der Waals surface area contributed by atoms with Crippen molar-refractivity contribution in [3.63, 3.8) is 0 Å². The van der Waals surface area contributed by atoms with E-state index in [0.717, 1.165) is 16.0 Å². The zero-order chi connectivity index (χ0) is 21.0. The third-order valence-corrected chi connectivity index (χ3v) is 4.68. The van der Waals surface area contributed by atoms with Gasteiger partial charge in [0.15, 0.2) is 0 Å². The molecule has 0 spiro atoms. The Labute approximate surface area is 171 Å². The van der Waals surface area contributed by atoms with E-state index in [9.17, 15) is 18.4 Å². The number of hydrogen-bond donors (Lipinski definition) is 2. The normalized spacial score (nSPS) is 14.8. The molecular weight excluding hydrogens is 406 g/mol. The molecule has 1 aliphatic heterocycles. The van der Waals surface area contributed by atoms with Crippen molar-refractivity contribution in [1.29, 1.82) is 0 Å². The van der Waals surface area contributed by atoms with E-state index in [1.807, 2.05) is 6.07 Å². The van der Waals surface area contributed by atoms with Crippen molar-refractivity contribution in [2.45, 2.75) is 12.3 Å². The van der Waals surface area contributed by atoms with Crippen LogP contribution in [-0.4, -0.2) is 54.2 Å². The summed E-state index contributed by atoms with van der Waals surface area (Å²) in [5, 5.41) is 11.1. The summed E-state index contributed by atoms with van der Waals surface area (Å²) in [7, 11) is 0. The third kappa shape index (κ3) is 5.35. The number of hydrogen-bond acceptors (Lipinski definition) is 3. The first-order valence-corrected chi connectivity index (χ1v) is 9.30. The van der Waals surface area contributed by atoms with Gasteiger partial charge in [-0.15, -0.1) is 0 Å². The van der Waals surface area contributed by atoms with Gasteiger partial charge in [-0.2, -0.15) is 0 Å². The molecule has 2 aromatic carbocycles. The molecule has 0 unspecified atom stereocenters. The summed E-state index contributed by atoms with van der Waals surface area (Å²) in [5.74, 6) is -2.72. The Bertz CT molecular complexity index is 898. The van der Waals surface area contributed by atoms with Gasteiger partial charge >= 0.3 is 6.09 Å². The maximum atomic E-state index is 12.9. The van der Waals surface area contributed by atoms with E-state index in [1.165, 1.54) is 0 Å². The van der Waals surface area contributed by atoms with Gasteiger partial charge in [-0.1, -0.05) is 29.8 Å². The molecule has 154 valence electrons. The van der Waals surface area contributed by atoms with Crippen LogP contribution in [-0.2, 0) is 0 Å². The fraction of sp³-hybridized carbons (Fsp3) is 0.300. The second-order valence-electron chi connectivity index (χ2n) is 6.67. The number of carboxylic acid groups (broad SMARTS) is 1. The Hall–Kier alpha value is -2.87. The van der Waals surface area contributed by atoms with Gasteiger partial charge in [0.25, 0.3) is 11.8 Å². The highest BCUT2D eigenvalue weighted by Gasteiger charge is 2.46. The minimum Gasteiger partial charge on any atom is -0.492 e. The lowest BCUT2D eigenvalue weighted by atomic mass is 10.0. The highest BCUT2D eigenvalue weighted by Crippen LogP contribution is 2.31. The summed E-state index contributed by atoms with van der Waals surface area (Å²) >= 11 is 6.25. The smallest absolute Gasteiger partial charge is 0.404 e. The molecule has 6 nitrogen and oxygen atoms in total. The zero-order valence-corrected chi connectivity index (χ0v) is 16.1. The number of carbonyl (C=O) groups is 2. The van der Waals surface area contributed by atoms with Gasteiger partial charge in [0.2, 0.25) is 0 Å². The number of amides is 2. The molecule has 1 aliphatic rings. The molecule has 1 fully saturated rings. The molecule has 9 heteroatoms. The van der Waals surface area contributed by atoms with Crippen molar-refractivity contribution in [1.82, 2.24) is 10.2 Å². The quantitative estimate of drug-likeness (QED) is 0.655. The average Bonchev–Trinajstić information content (AvgIpc) is 2.66. The molecule has 29 heavy (non-hydrogen) atoms. The summed E-state index contributed by atoms with van der Waals surface area (Å²) < 4.78 is 31.4. The zero-order valence-electron chi connectivity index (χ0n) is 15.3. The van der Waals surface area contributed by atoms with Crippen molar-refractivity contribution in [3.8, 4) is 16.9 Å². The van der Waals surface area contributed by atoms with Crippen LogP contribution in [0.2, 0.25) is 5.02 Å². The van der Waals surface area contributed by atoms with Gasteiger partial charge < -0.3 is 20.1 Å². The molecule has 1 heterocycles. The van der Waals surface area contributed by atoms with Crippen LogP contribution in [0.4, 0.5) is 13.6 Å². The predicted molar refractivity (Wildman–Crippen MR) is 104 cm³/mol. The lowest BCUT2D eigenvalue weighted by Gasteiger charge is -2.38. The first kappa shape index (κ1) is 20.9. The number of rotatable bonds is 7. The van der Waals surface area contributed by atoms with Crippen LogP contribution in [0.3, 0.4) is 0 Å². The van der Waals surface area contributed by atoms with Gasteiger partial charge in [-0.25, -0.2) is 13.6 Å². The van der Waals surface area contributed by atoms with Crippen molar-refractivity contribution in [3.05, 3.63) is 53.1 Å². The van der Waals surface area contributed by atoms with Crippen LogP contribution in [0.5, 0.6) is 5.75 Å². The third-order valence-electron chi connectivity index (χ3n) is 4.38. The molecule has 2 N–H and O–H groups in total. The SMILES string of the molecule is O=C(O)NCCCOc1ccc(-c2ccc(C(=O)N3CC(F)(F)C3)cc2)cc1Cl. The molecule has 2 amide bonds. The first-order chi connectivity index (χ1) is 13.7. The number of ether oxygens (including phenoxy) is 1. The van der Waals surface area contributed by atoms with E-state index in [-0.39, 0.29) is 6.54 Å². The van der Waals surface area contributed by atoms with Crippen LogP contribution in [0, 0.1) is 0 Å². The van der Waals surface area contributed by atoms with Crippen LogP contribution >= 0.6 is 11.6 Å². The maximum absolute atomic E-state index is 12.9. The van der Waals surface area contributed by atoms with Crippen LogP contribution in [0.15, 0.2) is 42.5 Å². The molecular formula is C20H19ClF2N2O4. The van der Waals surface area contributed by atoms with Crippen LogP contribution in [0.25, 0.3) is 11.1 Å². The van der Waals surface area contributed by atoms with E-state index >= 15 is 0 Å². The first-order valence-electron chi connectivity index (χ1n) is 8.92. The number of nitrogens with zero attached hydrogens (tertiary/aromatic N) is 1. The highest BCUT2D eigenvalue weighted by molar-refractivity contribution is 6.32. The summed E-state index contributed by atoms with van der Waals surface area (Å²) in [5.41, 5.74) is 1.98. The van der Waals surface area contributed by atoms with Crippen molar-refractivity contribution in [2.24, 2.45) is 0 Å².